The molecule has 0 radical (unpaired) electrons. The number of carbonyl (C=O) groups excluding carboxylic acids is 1. The maximum absolute atomic E-state index is 12.3. The second-order valence-electron chi connectivity index (χ2n) is 9.76. The third kappa shape index (κ3) is 5.16. The van der Waals surface area contributed by atoms with E-state index in [1.165, 1.54) is 12.6 Å². The topological polar surface area (TPSA) is 106 Å². The van der Waals surface area contributed by atoms with Gasteiger partial charge < -0.3 is 19.5 Å². The molecule has 4 rings (SSSR count). The van der Waals surface area contributed by atoms with Crippen LogP contribution in [0.5, 0.6) is 0 Å². The predicted octanol–water partition coefficient (Wildman–Crippen LogP) is 3.85. The Bertz CT molecular complexity index is 1300. The van der Waals surface area contributed by atoms with Gasteiger partial charge in [-0.25, -0.2) is 23.2 Å². The van der Waals surface area contributed by atoms with E-state index in [1.807, 2.05) is 38.6 Å². The summed E-state index contributed by atoms with van der Waals surface area (Å²) in [4.78, 5) is 23.4. The molecule has 1 aromatic carbocycles. The number of nitrogens with zero attached hydrogens (tertiary/aromatic N) is 4. The van der Waals surface area contributed by atoms with Crippen LogP contribution < -0.4 is 5.32 Å². The minimum absolute atomic E-state index is 0.171. The van der Waals surface area contributed by atoms with Gasteiger partial charge in [0.2, 0.25) is 0 Å². The van der Waals surface area contributed by atoms with Gasteiger partial charge in [-0.2, -0.15) is 0 Å². The average molecular weight is 486 g/mol. The fourth-order valence-corrected chi connectivity index (χ4v) is 4.78. The average Bonchev–Trinajstić information content (AvgIpc) is 3.10. The SMILES string of the molecule is Cn1cc(-c2ccc(S(C)(=O)=O)cc2)c2ncnc(NC3CCN(C(=O)OC(C)(C)C)CC3)c21. The van der Waals surface area contributed by atoms with Crippen LogP contribution in [0.3, 0.4) is 0 Å². The van der Waals surface area contributed by atoms with Gasteiger partial charge in [-0.15, -0.1) is 0 Å². The van der Waals surface area contributed by atoms with Crippen molar-refractivity contribution in [2.24, 2.45) is 7.05 Å². The summed E-state index contributed by atoms with van der Waals surface area (Å²) in [6.07, 6.45) is 6.01. The van der Waals surface area contributed by atoms with E-state index >= 15 is 0 Å². The number of fused-ring (bicyclic) bond motifs is 1. The molecule has 0 atom stereocenters. The van der Waals surface area contributed by atoms with Crippen LogP contribution in [0.15, 0.2) is 41.7 Å². The summed E-state index contributed by atoms with van der Waals surface area (Å²) in [6, 6.07) is 6.99. The van der Waals surface area contributed by atoms with Crippen molar-refractivity contribution < 1.29 is 17.9 Å². The van der Waals surface area contributed by atoms with E-state index < -0.39 is 15.4 Å². The first-order valence-electron chi connectivity index (χ1n) is 11.3. The predicted molar refractivity (Wildman–Crippen MR) is 132 cm³/mol. The van der Waals surface area contributed by atoms with Crippen molar-refractivity contribution >= 4 is 32.8 Å². The largest absolute Gasteiger partial charge is 0.444 e. The van der Waals surface area contributed by atoms with Gasteiger partial charge in [0.15, 0.2) is 15.7 Å². The van der Waals surface area contributed by atoms with E-state index in [4.69, 9.17) is 4.74 Å². The van der Waals surface area contributed by atoms with Crippen molar-refractivity contribution in [3.8, 4) is 11.1 Å². The Kier molecular flexibility index (Phi) is 6.28. The molecule has 1 amide bonds. The first-order chi connectivity index (χ1) is 15.9. The third-order valence-corrected chi connectivity index (χ3v) is 6.96. The molecule has 0 spiro atoms. The van der Waals surface area contributed by atoms with E-state index in [-0.39, 0.29) is 17.0 Å². The number of amides is 1. The lowest BCUT2D eigenvalue weighted by Gasteiger charge is -2.34. The molecule has 34 heavy (non-hydrogen) atoms. The van der Waals surface area contributed by atoms with Crippen molar-refractivity contribution in [2.45, 2.75) is 50.2 Å². The molecule has 0 bridgehead atoms. The molecule has 1 fully saturated rings. The number of carbonyl (C=O) groups is 1. The van der Waals surface area contributed by atoms with Gasteiger partial charge in [0, 0.05) is 44.2 Å². The highest BCUT2D eigenvalue weighted by Crippen LogP contribution is 2.33. The molecule has 3 heterocycles. The fourth-order valence-electron chi connectivity index (χ4n) is 4.15. The summed E-state index contributed by atoms with van der Waals surface area (Å²) >= 11 is 0. The Morgan fingerprint density at radius 3 is 2.35 bits per heavy atom. The molecule has 1 aliphatic rings. The first-order valence-corrected chi connectivity index (χ1v) is 13.2. The lowest BCUT2D eigenvalue weighted by atomic mass is 10.1. The van der Waals surface area contributed by atoms with E-state index in [0.29, 0.717) is 13.1 Å². The second-order valence-corrected chi connectivity index (χ2v) is 11.8. The molecular weight excluding hydrogens is 454 g/mol. The van der Waals surface area contributed by atoms with Gasteiger partial charge in [-0.05, 0) is 51.3 Å². The van der Waals surface area contributed by atoms with Crippen LogP contribution in [-0.4, -0.2) is 64.9 Å². The van der Waals surface area contributed by atoms with Crippen molar-refractivity contribution in [3.05, 3.63) is 36.8 Å². The molecule has 182 valence electrons. The van der Waals surface area contributed by atoms with Crippen molar-refractivity contribution in [3.63, 3.8) is 0 Å². The Morgan fingerprint density at radius 2 is 1.76 bits per heavy atom. The minimum Gasteiger partial charge on any atom is -0.444 e. The van der Waals surface area contributed by atoms with Crippen LogP contribution in [0, 0.1) is 0 Å². The summed E-state index contributed by atoms with van der Waals surface area (Å²) in [5, 5.41) is 3.54. The number of likely N-dealkylation sites (tertiary alicyclic amines) is 1. The van der Waals surface area contributed by atoms with E-state index in [9.17, 15) is 13.2 Å². The quantitative estimate of drug-likeness (QED) is 0.598. The maximum atomic E-state index is 12.3. The number of sulfone groups is 1. The highest BCUT2D eigenvalue weighted by molar-refractivity contribution is 7.90. The number of hydrogen-bond donors (Lipinski definition) is 1. The Balaban J connectivity index is 1.52. The van der Waals surface area contributed by atoms with Crippen LogP contribution in [0.25, 0.3) is 22.2 Å². The Hall–Kier alpha value is -3.14. The van der Waals surface area contributed by atoms with Gasteiger partial charge >= 0.3 is 6.09 Å². The van der Waals surface area contributed by atoms with Crippen LogP contribution in [0.2, 0.25) is 0 Å². The van der Waals surface area contributed by atoms with Crippen LogP contribution in [0.4, 0.5) is 10.6 Å². The molecule has 0 aliphatic carbocycles. The zero-order chi connectivity index (χ0) is 24.7. The number of rotatable bonds is 4. The van der Waals surface area contributed by atoms with E-state index in [2.05, 4.69) is 15.3 Å². The number of ether oxygens (including phenoxy) is 1. The summed E-state index contributed by atoms with van der Waals surface area (Å²) in [5.41, 5.74) is 2.95. The molecule has 1 saturated heterocycles. The van der Waals surface area contributed by atoms with E-state index in [0.717, 1.165) is 40.8 Å². The molecule has 9 nitrogen and oxygen atoms in total. The highest BCUT2D eigenvalue weighted by Gasteiger charge is 2.27. The molecule has 1 aliphatic heterocycles. The Labute approximate surface area is 200 Å². The van der Waals surface area contributed by atoms with Crippen LogP contribution in [-0.2, 0) is 21.6 Å². The Morgan fingerprint density at radius 1 is 1.12 bits per heavy atom. The number of aromatic nitrogens is 3. The number of aryl methyl sites for hydroxylation is 1. The summed E-state index contributed by atoms with van der Waals surface area (Å²) in [6.45, 7) is 6.84. The molecular formula is C24H31N5O4S. The molecule has 3 aromatic rings. The van der Waals surface area contributed by atoms with Crippen LogP contribution in [0.1, 0.15) is 33.6 Å². The van der Waals surface area contributed by atoms with Gasteiger partial charge in [0.05, 0.1) is 4.90 Å². The van der Waals surface area contributed by atoms with Crippen molar-refractivity contribution in [2.75, 3.05) is 24.7 Å². The van der Waals surface area contributed by atoms with Gasteiger partial charge in [-0.1, -0.05) is 12.1 Å². The molecule has 1 N–H and O–H groups in total. The third-order valence-electron chi connectivity index (χ3n) is 5.83. The number of benzene rings is 1. The molecule has 0 saturated carbocycles. The number of anilines is 1. The van der Waals surface area contributed by atoms with E-state index in [1.54, 1.807) is 29.2 Å². The smallest absolute Gasteiger partial charge is 0.410 e. The highest BCUT2D eigenvalue weighted by atomic mass is 32.2. The van der Waals surface area contributed by atoms with Gasteiger partial charge in [0.1, 0.15) is 23.0 Å². The summed E-state index contributed by atoms with van der Waals surface area (Å²) in [7, 11) is -1.31. The molecule has 0 unspecified atom stereocenters. The normalized spacial score (nSPS) is 15.5. The number of piperidine rings is 1. The monoisotopic (exact) mass is 485 g/mol. The first kappa shape index (κ1) is 24.0. The maximum Gasteiger partial charge on any atom is 0.410 e. The summed E-state index contributed by atoms with van der Waals surface area (Å²) in [5.74, 6) is 0.738. The minimum atomic E-state index is -3.25. The van der Waals surface area contributed by atoms with Crippen molar-refractivity contribution in [1.82, 2.24) is 19.4 Å². The van der Waals surface area contributed by atoms with Crippen LogP contribution >= 0.6 is 0 Å². The second kappa shape index (κ2) is 8.90. The zero-order valence-electron chi connectivity index (χ0n) is 20.2. The van der Waals surface area contributed by atoms with Gasteiger partial charge in [-0.3, -0.25) is 0 Å². The summed E-state index contributed by atoms with van der Waals surface area (Å²) < 4.78 is 31.0. The fraction of sp³-hybridized carbons (Fsp3) is 0.458. The number of hydrogen-bond acceptors (Lipinski definition) is 7. The lowest BCUT2D eigenvalue weighted by Crippen LogP contribution is -2.44. The van der Waals surface area contributed by atoms with Crippen molar-refractivity contribution in [1.29, 1.82) is 0 Å². The zero-order valence-corrected chi connectivity index (χ0v) is 21.0. The van der Waals surface area contributed by atoms with Gasteiger partial charge in [0.25, 0.3) is 0 Å². The standard InChI is InChI=1S/C24H31N5O4S/c1-24(2,3)33-23(30)29-12-10-17(11-13-29)27-22-21-20(25-15-26-22)19(14-28(21)4)16-6-8-18(9-7-16)34(5,31)32/h6-9,14-15,17H,10-13H2,1-5H3,(H,25,26,27). The molecule has 10 heteroatoms. The lowest BCUT2D eigenvalue weighted by molar-refractivity contribution is 0.0210. The number of nitrogens with one attached hydrogen (secondary N) is 1. The molecule has 2 aromatic heterocycles.